The van der Waals surface area contributed by atoms with Crippen molar-refractivity contribution in [1.82, 2.24) is 15.2 Å². The zero-order chi connectivity index (χ0) is 17.6. The molecule has 0 spiro atoms. The third kappa shape index (κ3) is 4.35. The first-order valence-electron chi connectivity index (χ1n) is 8.50. The second kappa shape index (κ2) is 7.79. The van der Waals surface area contributed by atoms with Gasteiger partial charge in [0.15, 0.2) is 0 Å². The molecule has 0 radical (unpaired) electrons. The average Bonchev–Trinajstić information content (AvgIpc) is 3.18. The third-order valence-corrected chi connectivity index (χ3v) is 4.34. The normalized spacial score (nSPS) is 14.8. The Bertz CT molecular complexity index is 725. The third-order valence-electron chi connectivity index (χ3n) is 4.34. The summed E-state index contributed by atoms with van der Waals surface area (Å²) in [5, 5.41) is 5.86. The summed E-state index contributed by atoms with van der Waals surface area (Å²) < 4.78 is 0. The van der Waals surface area contributed by atoms with E-state index < -0.39 is 0 Å². The van der Waals surface area contributed by atoms with Crippen LogP contribution >= 0.6 is 0 Å². The minimum absolute atomic E-state index is 0.0138. The molecule has 2 aromatic rings. The van der Waals surface area contributed by atoms with Crippen LogP contribution in [0.4, 0.5) is 10.5 Å². The van der Waals surface area contributed by atoms with E-state index in [1.54, 1.807) is 24.5 Å². The highest BCUT2D eigenvalue weighted by Crippen LogP contribution is 2.18. The van der Waals surface area contributed by atoms with Crippen molar-refractivity contribution >= 4 is 17.6 Å². The number of anilines is 1. The number of urea groups is 1. The zero-order valence-electron chi connectivity index (χ0n) is 14.2. The van der Waals surface area contributed by atoms with E-state index in [2.05, 4.69) is 15.6 Å². The Kier molecular flexibility index (Phi) is 5.28. The van der Waals surface area contributed by atoms with Gasteiger partial charge >= 0.3 is 6.03 Å². The second-order valence-corrected chi connectivity index (χ2v) is 6.18. The van der Waals surface area contributed by atoms with Crippen LogP contribution in [0.1, 0.15) is 41.7 Å². The van der Waals surface area contributed by atoms with Crippen molar-refractivity contribution in [3.8, 4) is 0 Å². The maximum absolute atomic E-state index is 12.2. The Morgan fingerprint density at radius 3 is 2.32 bits per heavy atom. The minimum Gasteiger partial charge on any atom is -0.331 e. The number of aromatic nitrogens is 1. The number of nitrogens with one attached hydrogen (secondary N) is 2. The molecule has 0 saturated carbocycles. The Balaban J connectivity index is 1.57. The van der Waals surface area contributed by atoms with Gasteiger partial charge in [0.2, 0.25) is 0 Å². The highest BCUT2D eigenvalue weighted by atomic mass is 16.2. The topological polar surface area (TPSA) is 74.3 Å². The predicted octanol–water partition coefficient (Wildman–Crippen LogP) is 3.20. The van der Waals surface area contributed by atoms with Gasteiger partial charge in [-0.1, -0.05) is 12.1 Å². The quantitative estimate of drug-likeness (QED) is 0.899. The Morgan fingerprint density at radius 1 is 1.04 bits per heavy atom. The van der Waals surface area contributed by atoms with Crippen molar-refractivity contribution in [3.63, 3.8) is 0 Å². The van der Waals surface area contributed by atoms with E-state index in [0.29, 0.717) is 11.3 Å². The monoisotopic (exact) mass is 338 g/mol. The molecule has 3 amide bonds. The number of rotatable bonds is 4. The molecule has 1 atom stereocenters. The molecule has 2 N–H and O–H groups in total. The summed E-state index contributed by atoms with van der Waals surface area (Å²) in [6.45, 7) is 3.62. The lowest BCUT2D eigenvalue weighted by molar-refractivity contribution is 0.102. The molecule has 130 valence electrons. The van der Waals surface area contributed by atoms with Crippen LogP contribution in [0, 0.1) is 0 Å². The summed E-state index contributed by atoms with van der Waals surface area (Å²) >= 11 is 0. The molecule has 1 aromatic carbocycles. The summed E-state index contributed by atoms with van der Waals surface area (Å²) in [6.07, 6.45) is 5.33. The Morgan fingerprint density at radius 2 is 1.68 bits per heavy atom. The molecule has 25 heavy (non-hydrogen) atoms. The molecule has 2 heterocycles. The van der Waals surface area contributed by atoms with Gasteiger partial charge in [0, 0.05) is 36.7 Å². The van der Waals surface area contributed by atoms with Crippen LogP contribution in [0.15, 0.2) is 48.8 Å². The van der Waals surface area contributed by atoms with E-state index >= 15 is 0 Å². The number of carbonyl (C=O) groups excluding carboxylic acids is 2. The number of pyridine rings is 1. The molecule has 3 rings (SSSR count). The highest BCUT2D eigenvalue weighted by molar-refractivity contribution is 6.04. The van der Waals surface area contributed by atoms with E-state index in [-0.39, 0.29) is 18.0 Å². The van der Waals surface area contributed by atoms with Gasteiger partial charge in [-0.3, -0.25) is 9.78 Å². The van der Waals surface area contributed by atoms with Gasteiger partial charge in [0.25, 0.3) is 5.91 Å². The SMILES string of the molecule is CC(NC(=O)N1CCCC1)c1ccc(NC(=O)c2ccncc2)cc1. The number of likely N-dealkylation sites (tertiary alicyclic amines) is 1. The molecule has 6 nitrogen and oxygen atoms in total. The lowest BCUT2D eigenvalue weighted by Crippen LogP contribution is -2.39. The van der Waals surface area contributed by atoms with Crippen LogP contribution in [-0.2, 0) is 0 Å². The van der Waals surface area contributed by atoms with Gasteiger partial charge < -0.3 is 15.5 Å². The van der Waals surface area contributed by atoms with Crippen LogP contribution in [0.25, 0.3) is 0 Å². The zero-order valence-corrected chi connectivity index (χ0v) is 14.2. The lowest BCUT2D eigenvalue weighted by Gasteiger charge is -2.21. The Hall–Kier alpha value is -2.89. The fourth-order valence-corrected chi connectivity index (χ4v) is 2.84. The van der Waals surface area contributed by atoms with Crippen molar-refractivity contribution in [3.05, 3.63) is 59.9 Å². The molecule has 1 saturated heterocycles. The van der Waals surface area contributed by atoms with Crippen LogP contribution in [0.2, 0.25) is 0 Å². The first kappa shape index (κ1) is 17.0. The van der Waals surface area contributed by atoms with Gasteiger partial charge in [0.05, 0.1) is 6.04 Å². The van der Waals surface area contributed by atoms with Crippen LogP contribution < -0.4 is 10.6 Å². The van der Waals surface area contributed by atoms with Gasteiger partial charge in [-0.25, -0.2) is 4.79 Å². The molecule has 0 aliphatic carbocycles. The summed E-state index contributed by atoms with van der Waals surface area (Å²) in [7, 11) is 0. The number of nitrogens with zero attached hydrogens (tertiary/aromatic N) is 2. The van der Waals surface area contributed by atoms with Gasteiger partial charge in [0.1, 0.15) is 0 Å². The number of hydrogen-bond donors (Lipinski definition) is 2. The standard InChI is InChI=1S/C19H22N4O2/c1-14(21-19(25)23-12-2-3-13-23)15-4-6-17(7-5-15)22-18(24)16-8-10-20-11-9-16/h4-11,14H,2-3,12-13H2,1H3,(H,21,25)(H,22,24). The van der Waals surface area contributed by atoms with Crippen molar-refractivity contribution in [2.75, 3.05) is 18.4 Å². The largest absolute Gasteiger partial charge is 0.331 e. The second-order valence-electron chi connectivity index (χ2n) is 6.18. The first-order valence-corrected chi connectivity index (χ1v) is 8.50. The number of benzene rings is 1. The molecule has 1 aliphatic heterocycles. The van der Waals surface area contributed by atoms with Crippen molar-refractivity contribution in [2.24, 2.45) is 0 Å². The summed E-state index contributed by atoms with van der Waals surface area (Å²) in [5.74, 6) is -0.175. The van der Waals surface area contributed by atoms with Gasteiger partial charge in [-0.15, -0.1) is 0 Å². The first-order chi connectivity index (χ1) is 12.1. The summed E-state index contributed by atoms with van der Waals surface area (Å²) in [5.41, 5.74) is 2.27. The fourth-order valence-electron chi connectivity index (χ4n) is 2.84. The van der Waals surface area contributed by atoms with Gasteiger partial charge in [-0.05, 0) is 49.6 Å². The van der Waals surface area contributed by atoms with E-state index in [0.717, 1.165) is 31.5 Å². The minimum atomic E-state index is -0.175. The van der Waals surface area contributed by atoms with E-state index in [1.807, 2.05) is 36.1 Å². The van der Waals surface area contributed by atoms with E-state index in [9.17, 15) is 9.59 Å². The van der Waals surface area contributed by atoms with E-state index in [4.69, 9.17) is 0 Å². The Labute approximate surface area is 147 Å². The van der Waals surface area contributed by atoms with Crippen molar-refractivity contribution in [1.29, 1.82) is 0 Å². The molecular formula is C19H22N4O2. The maximum Gasteiger partial charge on any atom is 0.317 e. The molecule has 1 fully saturated rings. The van der Waals surface area contributed by atoms with Gasteiger partial charge in [-0.2, -0.15) is 0 Å². The molecule has 6 heteroatoms. The lowest BCUT2D eigenvalue weighted by atomic mass is 10.1. The molecule has 1 aromatic heterocycles. The predicted molar refractivity (Wildman–Crippen MR) is 96.4 cm³/mol. The van der Waals surface area contributed by atoms with Crippen molar-refractivity contribution < 1.29 is 9.59 Å². The van der Waals surface area contributed by atoms with Crippen LogP contribution in [0.5, 0.6) is 0 Å². The van der Waals surface area contributed by atoms with Crippen LogP contribution in [-0.4, -0.2) is 34.9 Å². The molecule has 0 bridgehead atoms. The molecular weight excluding hydrogens is 316 g/mol. The summed E-state index contributed by atoms with van der Waals surface area (Å²) in [6, 6.07) is 10.7. The maximum atomic E-state index is 12.2. The molecule has 1 unspecified atom stereocenters. The summed E-state index contributed by atoms with van der Waals surface area (Å²) in [4.78, 5) is 30.0. The van der Waals surface area contributed by atoms with Crippen LogP contribution in [0.3, 0.4) is 0 Å². The van der Waals surface area contributed by atoms with E-state index in [1.165, 1.54) is 0 Å². The van der Waals surface area contributed by atoms with Crippen molar-refractivity contribution in [2.45, 2.75) is 25.8 Å². The number of amides is 3. The number of carbonyl (C=O) groups is 2. The number of hydrogen-bond acceptors (Lipinski definition) is 3. The smallest absolute Gasteiger partial charge is 0.317 e. The average molecular weight is 338 g/mol. The fraction of sp³-hybridized carbons (Fsp3) is 0.316. The molecule has 1 aliphatic rings. The highest BCUT2D eigenvalue weighted by Gasteiger charge is 2.19.